The molecule has 150 valence electrons. The molecule has 0 bridgehead atoms. The van der Waals surface area contributed by atoms with Crippen LogP contribution in [-0.2, 0) is 20.0 Å². The highest BCUT2D eigenvalue weighted by Crippen LogP contribution is 2.30. The minimum absolute atomic E-state index is 0.0529. The summed E-state index contributed by atoms with van der Waals surface area (Å²) < 4.78 is 54.8. The summed E-state index contributed by atoms with van der Waals surface area (Å²) in [5, 5.41) is 4.81. The maximum Gasteiger partial charge on any atom is 0.271 e. The second-order valence-electron chi connectivity index (χ2n) is 5.76. The van der Waals surface area contributed by atoms with Gasteiger partial charge in [0.25, 0.3) is 10.0 Å². The topological polar surface area (TPSA) is 95.6 Å². The van der Waals surface area contributed by atoms with Crippen LogP contribution in [0.3, 0.4) is 0 Å². The van der Waals surface area contributed by atoms with E-state index in [0.717, 1.165) is 17.8 Å². The number of benzene rings is 1. The number of nitrogens with zero attached hydrogens (tertiary/aromatic N) is 1. The molecule has 27 heavy (non-hydrogen) atoms. The largest absolute Gasteiger partial charge is 0.383 e. The molecule has 1 aromatic carbocycles. The van der Waals surface area contributed by atoms with E-state index >= 15 is 0 Å². The summed E-state index contributed by atoms with van der Waals surface area (Å²) in [6.07, 6.45) is 0.844. The molecule has 0 atom stereocenters. The molecule has 0 radical (unpaired) electrons. The van der Waals surface area contributed by atoms with Gasteiger partial charge in [0.15, 0.2) is 0 Å². The summed E-state index contributed by atoms with van der Waals surface area (Å²) in [6.45, 7) is 6.82. The van der Waals surface area contributed by atoms with Gasteiger partial charge in [0.05, 0.1) is 16.3 Å². The van der Waals surface area contributed by atoms with Crippen molar-refractivity contribution in [2.75, 3.05) is 29.7 Å². The molecule has 2 rings (SSSR count). The summed E-state index contributed by atoms with van der Waals surface area (Å²) >= 11 is 1.10. The fourth-order valence-electron chi connectivity index (χ4n) is 2.51. The molecule has 1 aromatic heterocycles. The Labute approximate surface area is 165 Å². The molecular formula is C17H25N3O4S3. The Hall–Kier alpha value is -1.62. The smallest absolute Gasteiger partial charge is 0.271 e. The number of rotatable bonds is 10. The lowest BCUT2D eigenvalue weighted by Gasteiger charge is -2.20. The van der Waals surface area contributed by atoms with E-state index in [-0.39, 0.29) is 14.8 Å². The van der Waals surface area contributed by atoms with Crippen molar-refractivity contribution in [1.82, 2.24) is 4.31 Å². The number of hydrogen-bond donors (Lipinski definition) is 2. The molecule has 0 saturated carbocycles. The number of thiophene rings is 1. The number of sulfonamides is 2. The number of nitrogens with one attached hydrogen (secondary N) is 2. The molecule has 0 unspecified atom stereocenters. The van der Waals surface area contributed by atoms with Gasteiger partial charge in [-0.15, -0.1) is 11.3 Å². The van der Waals surface area contributed by atoms with Gasteiger partial charge in [-0.05, 0) is 36.1 Å². The Morgan fingerprint density at radius 3 is 2.26 bits per heavy atom. The van der Waals surface area contributed by atoms with Crippen molar-refractivity contribution < 1.29 is 16.8 Å². The summed E-state index contributed by atoms with van der Waals surface area (Å²) in [5.74, 6) is 0. The van der Waals surface area contributed by atoms with E-state index in [1.807, 2.05) is 6.92 Å². The molecular weight excluding hydrogens is 406 g/mol. The Kier molecular flexibility index (Phi) is 7.26. The van der Waals surface area contributed by atoms with Crippen molar-refractivity contribution >= 4 is 42.8 Å². The van der Waals surface area contributed by atoms with Crippen LogP contribution >= 0.6 is 11.3 Å². The highest BCUT2D eigenvalue weighted by atomic mass is 32.2. The van der Waals surface area contributed by atoms with Crippen LogP contribution < -0.4 is 10.0 Å². The van der Waals surface area contributed by atoms with E-state index in [1.165, 1.54) is 22.5 Å². The van der Waals surface area contributed by atoms with Crippen LogP contribution in [-0.4, -0.2) is 40.8 Å². The van der Waals surface area contributed by atoms with Crippen molar-refractivity contribution in [3.8, 4) is 0 Å². The zero-order chi connectivity index (χ0) is 20.1. The third-order valence-corrected chi connectivity index (χ3v) is 8.71. The molecule has 0 amide bonds. The van der Waals surface area contributed by atoms with E-state index in [0.29, 0.717) is 25.3 Å². The van der Waals surface area contributed by atoms with Crippen LogP contribution in [0.25, 0.3) is 0 Å². The van der Waals surface area contributed by atoms with Crippen LogP contribution in [0, 0.1) is 0 Å². The van der Waals surface area contributed by atoms with Gasteiger partial charge in [-0.1, -0.05) is 26.8 Å². The fraction of sp³-hybridized carbons (Fsp3) is 0.412. The molecule has 0 aliphatic rings. The minimum atomic E-state index is -3.79. The van der Waals surface area contributed by atoms with Gasteiger partial charge in [-0.25, -0.2) is 16.8 Å². The fourth-order valence-corrected chi connectivity index (χ4v) is 6.05. The minimum Gasteiger partial charge on any atom is -0.383 e. The molecule has 0 spiro atoms. The average molecular weight is 432 g/mol. The summed E-state index contributed by atoms with van der Waals surface area (Å²) in [7, 11) is -7.49. The monoisotopic (exact) mass is 431 g/mol. The van der Waals surface area contributed by atoms with Crippen LogP contribution in [0.15, 0.2) is 44.8 Å². The van der Waals surface area contributed by atoms with Gasteiger partial charge in [0.1, 0.15) is 4.21 Å². The summed E-state index contributed by atoms with van der Waals surface area (Å²) in [5.41, 5.74) is 0.751. The first-order chi connectivity index (χ1) is 12.8. The van der Waals surface area contributed by atoms with Gasteiger partial charge in [-0.3, -0.25) is 4.72 Å². The van der Waals surface area contributed by atoms with Crippen molar-refractivity contribution in [3.05, 3.63) is 35.7 Å². The van der Waals surface area contributed by atoms with Gasteiger partial charge in [-0.2, -0.15) is 4.31 Å². The van der Waals surface area contributed by atoms with Crippen LogP contribution in [0.2, 0.25) is 0 Å². The first-order valence-corrected chi connectivity index (χ1v) is 12.5. The Bertz CT molecular complexity index is 951. The van der Waals surface area contributed by atoms with E-state index in [1.54, 1.807) is 31.4 Å². The van der Waals surface area contributed by atoms with Crippen molar-refractivity contribution in [3.63, 3.8) is 0 Å². The van der Waals surface area contributed by atoms with Gasteiger partial charge >= 0.3 is 0 Å². The third-order valence-electron chi connectivity index (χ3n) is 3.90. The molecule has 2 N–H and O–H groups in total. The van der Waals surface area contributed by atoms with E-state index < -0.39 is 20.0 Å². The second kappa shape index (κ2) is 9.05. The molecule has 0 aliphatic carbocycles. The molecule has 1 heterocycles. The van der Waals surface area contributed by atoms with Crippen molar-refractivity contribution in [2.24, 2.45) is 0 Å². The molecule has 0 aliphatic heterocycles. The van der Waals surface area contributed by atoms with Crippen LogP contribution in [0.4, 0.5) is 11.4 Å². The van der Waals surface area contributed by atoms with Gasteiger partial charge < -0.3 is 5.32 Å². The van der Waals surface area contributed by atoms with Gasteiger partial charge in [0.2, 0.25) is 10.0 Å². The number of hydrogen-bond acceptors (Lipinski definition) is 6. The lowest BCUT2D eigenvalue weighted by molar-refractivity contribution is 0.445. The highest BCUT2D eigenvalue weighted by molar-refractivity contribution is 7.94. The number of anilines is 2. The van der Waals surface area contributed by atoms with E-state index in [2.05, 4.69) is 10.0 Å². The predicted molar refractivity (Wildman–Crippen MR) is 110 cm³/mol. The maximum atomic E-state index is 12.8. The Morgan fingerprint density at radius 1 is 1.00 bits per heavy atom. The molecule has 0 saturated heterocycles. The molecule has 0 fully saturated rings. The zero-order valence-electron chi connectivity index (χ0n) is 15.6. The standard InChI is InChI=1S/C17H25N3O4S3/c1-4-11-18-15-10-9-14(27(23,24)20(5-2)6-3)13-16(15)19-26(21,22)17-8-7-12-25-17/h7-10,12-13,18-19H,4-6,11H2,1-3H3. The summed E-state index contributed by atoms with van der Waals surface area (Å²) in [4.78, 5) is 0.0529. The maximum absolute atomic E-state index is 12.8. The SMILES string of the molecule is CCCNc1ccc(S(=O)(=O)N(CC)CC)cc1NS(=O)(=O)c1cccs1. The Morgan fingerprint density at radius 2 is 1.70 bits per heavy atom. The normalized spacial score (nSPS) is 12.3. The Balaban J connectivity index is 2.49. The van der Waals surface area contributed by atoms with Crippen LogP contribution in [0.5, 0.6) is 0 Å². The quantitative estimate of drug-likeness (QED) is 0.601. The first kappa shape index (κ1) is 21.7. The van der Waals surface area contributed by atoms with E-state index in [9.17, 15) is 16.8 Å². The zero-order valence-corrected chi connectivity index (χ0v) is 18.0. The first-order valence-electron chi connectivity index (χ1n) is 8.70. The lowest BCUT2D eigenvalue weighted by atomic mass is 10.2. The third kappa shape index (κ3) is 5.01. The lowest BCUT2D eigenvalue weighted by Crippen LogP contribution is -2.30. The molecule has 7 nitrogen and oxygen atoms in total. The van der Waals surface area contributed by atoms with Gasteiger partial charge in [0, 0.05) is 19.6 Å². The van der Waals surface area contributed by atoms with Crippen molar-refractivity contribution in [1.29, 1.82) is 0 Å². The summed E-state index contributed by atoms with van der Waals surface area (Å²) in [6, 6.07) is 7.61. The molecule has 2 aromatic rings. The predicted octanol–water partition coefficient (Wildman–Crippen LogP) is 3.40. The van der Waals surface area contributed by atoms with Crippen LogP contribution in [0.1, 0.15) is 27.2 Å². The highest BCUT2D eigenvalue weighted by Gasteiger charge is 2.24. The second-order valence-corrected chi connectivity index (χ2v) is 10.6. The van der Waals surface area contributed by atoms with E-state index in [4.69, 9.17) is 0 Å². The van der Waals surface area contributed by atoms with Crippen molar-refractivity contribution in [2.45, 2.75) is 36.3 Å². The average Bonchev–Trinajstić information content (AvgIpc) is 3.16. The molecule has 10 heteroatoms.